The third-order valence-corrected chi connectivity index (χ3v) is 5.02. The predicted octanol–water partition coefficient (Wildman–Crippen LogP) is 2.80. The van der Waals surface area contributed by atoms with Crippen LogP contribution < -0.4 is 11.3 Å². The van der Waals surface area contributed by atoms with Crippen LogP contribution in [0.2, 0.25) is 0 Å². The molecule has 2 unspecified atom stereocenters. The minimum absolute atomic E-state index is 0.251. The predicted molar refractivity (Wildman–Crippen MR) is 82.0 cm³/mol. The molecule has 1 aromatic carbocycles. The van der Waals surface area contributed by atoms with Crippen molar-refractivity contribution in [2.75, 3.05) is 11.5 Å². The molecular weight excluding hydrogens is 254 g/mol. The van der Waals surface area contributed by atoms with E-state index in [1.54, 1.807) is 0 Å². The van der Waals surface area contributed by atoms with Crippen molar-refractivity contribution in [1.29, 1.82) is 0 Å². The number of hydrazine groups is 1. The average Bonchev–Trinajstić information content (AvgIpc) is 2.93. The molecular formula is C15H19N3S. The Bertz CT molecular complexity index is 579. The SMILES string of the molecule is Cc1ccc2cc(C(NN)C3CCSC3)ccc2n1. The standard InChI is InChI=1S/C15H19N3S/c1-10-2-3-11-8-12(4-5-14(11)17-10)15(18-16)13-6-7-19-9-13/h2-5,8,13,15,18H,6-7,9,16H2,1H3. The first-order valence-corrected chi connectivity index (χ1v) is 7.84. The fourth-order valence-corrected chi connectivity index (χ4v) is 4.06. The summed E-state index contributed by atoms with van der Waals surface area (Å²) in [6.07, 6.45) is 1.24. The van der Waals surface area contributed by atoms with Crippen LogP contribution in [-0.4, -0.2) is 16.5 Å². The third-order valence-electron chi connectivity index (χ3n) is 3.83. The molecule has 1 saturated heterocycles. The molecule has 3 rings (SSSR count). The van der Waals surface area contributed by atoms with Gasteiger partial charge in [0.05, 0.1) is 5.52 Å². The van der Waals surface area contributed by atoms with Gasteiger partial charge in [-0.1, -0.05) is 12.1 Å². The molecule has 0 spiro atoms. The van der Waals surface area contributed by atoms with Crippen molar-refractivity contribution < 1.29 is 0 Å². The van der Waals surface area contributed by atoms with Gasteiger partial charge in [0, 0.05) is 17.1 Å². The highest BCUT2D eigenvalue weighted by Gasteiger charge is 2.25. The normalized spacial score (nSPS) is 20.8. The van der Waals surface area contributed by atoms with Gasteiger partial charge in [0.25, 0.3) is 0 Å². The Balaban J connectivity index is 1.96. The number of pyridine rings is 1. The summed E-state index contributed by atoms with van der Waals surface area (Å²) in [4.78, 5) is 4.54. The molecule has 100 valence electrons. The molecule has 3 nitrogen and oxygen atoms in total. The van der Waals surface area contributed by atoms with Gasteiger partial charge in [0.1, 0.15) is 0 Å². The summed E-state index contributed by atoms with van der Waals surface area (Å²) in [5.41, 5.74) is 6.39. The van der Waals surface area contributed by atoms with Gasteiger partial charge in [-0.15, -0.1) is 0 Å². The Labute approximate surface area is 117 Å². The number of nitrogens with one attached hydrogen (secondary N) is 1. The van der Waals surface area contributed by atoms with Gasteiger partial charge in [-0.25, -0.2) is 0 Å². The first-order valence-electron chi connectivity index (χ1n) is 6.69. The molecule has 1 aliphatic rings. The summed E-state index contributed by atoms with van der Waals surface area (Å²) < 4.78 is 0. The van der Waals surface area contributed by atoms with Crippen LogP contribution in [0.15, 0.2) is 30.3 Å². The van der Waals surface area contributed by atoms with Crippen LogP contribution >= 0.6 is 11.8 Å². The lowest BCUT2D eigenvalue weighted by Gasteiger charge is -2.22. The number of fused-ring (bicyclic) bond motifs is 1. The zero-order chi connectivity index (χ0) is 13.2. The molecule has 0 saturated carbocycles. The van der Waals surface area contributed by atoms with Crippen LogP contribution in [0.1, 0.15) is 23.7 Å². The number of nitrogens with zero attached hydrogens (tertiary/aromatic N) is 1. The van der Waals surface area contributed by atoms with E-state index in [4.69, 9.17) is 5.84 Å². The van der Waals surface area contributed by atoms with Gasteiger partial charge in [-0.3, -0.25) is 16.3 Å². The fraction of sp³-hybridized carbons (Fsp3) is 0.400. The van der Waals surface area contributed by atoms with E-state index in [0.29, 0.717) is 5.92 Å². The second-order valence-corrected chi connectivity index (χ2v) is 6.32. The minimum atomic E-state index is 0.251. The third kappa shape index (κ3) is 2.61. The van der Waals surface area contributed by atoms with Crippen LogP contribution in [-0.2, 0) is 0 Å². The molecule has 3 N–H and O–H groups in total. The average molecular weight is 273 g/mol. The number of thioether (sulfide) groups is 1. The first-order chi connectivity index (χ1) is 9.28. The molecule has 0 bridgehead atoms. The van der Waals surface area contributed by atoms with Crippen molar-refractivity contribution in [2.45, 2.75) is 19.4 Å². The maximum absolute atomic E-state index is 5.78. The summed E-state index contributed by atoms with van der Waals surface area (Å²) in [7, 11) is 0. The Kier molecular flexibility index (Phi) is 3.73. The van der Waals surface area contributed by atoms with Crippen molar-refractivity contribution >= 4 is 22.7 Å². The van der Waals surface area contributed by atoms with Crippen molar-refractivity contribution in [3.8, 4) is 0 Å². The van der Waals surface area contributed by atoms with E-state index in [0.717, 1.165) is 11.2 Å². The maximum atomic E-state index is 5.78. The zero-order valence-corrected chi connectivity index (χ0v) is 11.9. The largest absolute Gasteiger partial charge is 0.271 e. The van der Waals surface area contributed by atoms with E-state index >= 15 is 0 Å². The summed E-state index contributed by atoms with van der Waals surface area (Å²) in [6, 6.07) is 10.9. The molecule has 0 amide bonds. The minimum Gasteiger partial charge on any atom is -0.271 e. The van der Waals surface area contributed by atoms with E-state index in [-0.39, 0.29) is 6.04 Å². The second kappa shape index (κ2) is 5.49. The quantitative estimate of drug-likeness (QED) is 0.667. The van der Waals surface area contributed by atoms with Crippen LogP contribution in [0.25, 0.3) is 10.9 Å². The highest BCUT2D eigenvalue weighted by Crippen LogP contribution is 2.34. The van der Waals surface area contributed by atoms with Gasteiger partial charge >= 0.3 is 0 Å². The highest BCUT2D eigenvalue weighted by atomic mass is 32.2. The lowest BCUT2D eigenvalue weighted by molar-refractivity contribution is 0.401. The number of hydrogen-bond donors (Lipinski definition) is 2. The number of aromatic nitrogens is 1. The Morgan fingerprint density at radius 1 is 1.37 bits per heavy atom. The van der Waals surface area contributed by atoms with Gasteiger partial charge in [0.2, 0.25) is 0 Å². The van der Waals surface area contributed by atoms with Crippen LogP contribution in [0.5, 0.6) is 0 Å². The lowest BCUT2D eigenvalue weighted by atomic mass is 9.92. The van der Waals surface area contributed by atoms with Crippen LogP contribution in [0.4, 0.5) is 0 Å². The highest BCUT2D eigenvalue weighted by molar-refractivity contribution is 7.99. The molecule has 1 fully saturated rings. The molecule has 1 aromatic heterocycles. The number of rotatable bonds is 3. The number of aryl methyl sites for hydroxylation is 1. The number of nitrogens with two attached hydrogens (primary N) is 1. The Hall–Kier alpha value is -1.10. The zero-order valence-electron chi connectivity index (χ0n) is 11.1. The summed E-state index contributed by atoms with van der Waals surface area (Å²) in [5.74, 6) is 8.85. The molecule has 0 aliphatic carbocycles. The van der Waals surface area contributed by atoms with Crippen molar-refractivity contribution in [3.05, 3.63) is 41.6 Å². The van der Waals surface area contributed by atoms with Crippen LogP contribution in [0, 0.1) is 12.8 Å². The second-order valence-electron chi connectivity index (χ2n) is 5.17. The van der Waals surface area contributed by atoms with Gasteiger partial charge in [-0.2, -0.15) is 11.8 Å². The smallest absolute Gasteiger partial charge is 0.0705 e. The van der Waals surface area contributed by atoms with Gasteiger partial charge in [-0.05, 0) is 54.5 Å². The van der Waals surface area contributed by atoms with E-state index < -0.39 is 0 Å². The number of hydrogen-bond acceptors (Lipinski definition) is 4. The Morgan fingerprint density at radius 3 is 3.00 bits per heavy atom. The topological polar surface area (TPSA) is 50.9 Å². The first kappa shape index (κ1) is 12.9. The molecule has 2 atom stereocenters. The molecule has 0 radical (unpaired) electrons. The summed E-state index contributed by atoms with van der Waals surface area (Å²) in [5, 5.41) is 1.19. The van der Waals surface area contributed by atoms with Gasteiger partial charge < -0.3 is 0 Å². The van der Waals surface area contributed by atoms with E-state index in [1.165, 1.54) is 28.9 Å². The van der Waals surface area contributed by atoms with Crippen molar-refractivity contribution in [1.82, 2.24) is 10.4 Å². The monoisotopic (exact) mass is 273 g/mol. The Morgan fingerprint density at radius 2 is 2.26 bits per heavy atom. The summed E-state index contributed by atoms with van der Waals surface area (Å²) in [6.45, 7) is 2.02. The summed E-state index contributed by atoms with van der Waals surface area (Å²) >= 11 is 2.02. The molecule has 2 heterocycles. The number of benzene rings is 1. The molecule has 1 aliphatic heterocycles. The van der Waals surface area contributed by atoms with E-state index in [9.17, 15) is 0 Å². The molecule has 19 heavy (non-hydrogen) atoms. The maximum Gasteiger partial charge on any atom is 0.0705 e. The van der Waals surface area contributed by atoms with Crippen molar-refractivity contribution in [2.24, 2.45) is 11.8 Å². The van der Waals surface area contributed by atoms with Gasteiger partial charge in [0.15, 0.2) is 0 Å². The fourth-order valence-electron chi connectivity index (χ4n) is 2.76. The van der Waals surface area contributed by atoms with Crippen molar-refractivity contribution in [3.63, 3.8) is 0 Å². The van der Waals surface area contributed by atoms with E-state index in [1.807, 2.05) is 18.7 Å². The lowest BCUT2D eigenvalue weighted by Crippen LogP contribution is -2.33. The molecule has 4 heteroatoms. The molecule has 2 aromatic rings. The van der Waals surface area contributed by atoms with Crippen LogP contribution in [0.3, 0.4) is 0 Å². The van der Waals surface area contributed by atoms with E-state index in [2.05, 4.69) is 40.7 Å².